The Morgan fingerprint density at radius 1 is 0.633 bits per heavy atom. The molecular formula is C39H77NO9. The van der Waals surface area contributed by atoms with Gasteiger partial charge in [-0.2, -0.15) is 0 Å². The van der Waals surface area contributed by atoms with E-state index in [0.717, 1.165) is 51.4 Å². The zero-order valence-corrected chi connectivity index (χ0v) is 31.3. The Bertz CT molecular complexity index is 758. The van der Waals surface area contributed by atoms with Crippen molar-refractivity contribution >= 4 is 5.91 Å². The summed E-state index contributed by atoms with van der Waals surface area (Å²) in [6.45, 7) is 3.57. The van der Waals surface area contributed by atoms with Gasteiger partial charge in [-0.3, -0.25) is 4.79 Å². The second-order valence-electron chi connectivity index (χ2n) is 14.6. The van der Waals surface area contributed by atoms with Crippen LogP contribution in [-0.4, -0.2) is 98.7 Å². The number of aliphatic hydroxyl groups is 6. The second kappa shape index (κ2) is 30.7. The molecule has 0 aromatic carbocycles. The molecule has 0 spiro atoms. The standard InChI is InChI=1S/C39H77NO9/c1-3-5-7-9-11-13-14-15-16-17-18-20-22-24-26-28-34(43)40-31(30-48-39-38(47)37(46)36(45)33(29-41)49-39)35(44)32(42)27-25-23-21-19-12-10-8-6-4-2/h31-33,35-39,41-42,44-47H,3-30H2,1-2H3,(H,40,43)/t31-,32+,33+,35-,36+,37?,38?,39+/m0/s1. The van der Waals surface area contributed by atoms with E-state index in [9.17, 15) is 35.4 Å². The van der Waals surface area contributed by atoms with Gasteiger partial charge in [-0.15, -0.1) is 0 Å². The van der Waals surface area contributed by atoms with E-state index in [-0.39, 0.29) is 18.9 Å². The third kappa shape index (κ3) is 22.0. The normalized spacial score (nSPS) is 23.0. The maximum atomic E-state index is 12.9. The van der Waals surface area contributed by atoms with E-state index in [1.54, 1.807) is 0 Å². The average Bonchev–Trinajstić information content (AvgIpc) is 3.10. The van der Waals surface area contributed by atoms with Crippen LogP contribution in [0, 0.1) is 0 Å². The molecule has 0 aliphatic carbocycles. The minimum Gasteiger partial charge on any atom is -0.394 e. The van der Waals surface area contributed by atoms with Gasteiger partial charge in [0.05, 0.1) is 25.4 Å². The van der Waals surface area contributed by atoms with E-state index in [4.69, 9.17) is 9.47 Å². The van der Waals surface area contributed by atoms with Gasteiger partial charge in [0.1, 0.15) is 30.5 Å². The van der Waals surface area contributed by atoms with Gasteiger partial charge in [-0.1, -0.05) is 162 Å². The van der Waals surface area contributed by atoms with Gasteiger partial charge in [0.2, 0.25) is 5.91 Å². The summed E-state index contributed by atoms with van der Waals surface area (Å²) in [6, 6.07) is -0.982. The van der Waals surface area contributed by atoms with Crippen LogP contribution in [0.5, 0.6) is 0 Å². The van der Waals surface area contributed by atoms with E-state index in [1.807, 2.05) is 0 Å². The van der Waals surface area contributed by atoms with Crippen LogP contribution < -0.4 is 5.32 Å². The molecule has 1 amide bonds. The Kier molecular flexibility index (Phi) is 29.0. The molecule has 10 nitrogen and oxygen atoms in total. The lowest BCUT2D eigenvalue weighted by molar-refractivity contribution is -0.303. The summed E-state index contributed by atoms with van der Waals surface area (Å²) in [4.78, 5) is 12.9. The first-order chi connectivity index (χ1) is 23.8. The lowest BCUT2D eigenvalue weighted by Gasteiger charge is -2.40. The number of carbonyl (C=O) groups is 1. The first-order valence-corrected chi connectivity index (χ1v) is 20.3. The molecule has 0 bridgehead atoms. The van der Waals surface area contributed by atoms with Crippen LogP contribution in [0.15, 0.2) is 0 Å². The van der Waals surface area contributed by atoms with Gasteiger partial charge in [0.15, 0.2) is 6.29 Å². The smallest absolute Gasteiger partial charge is 0.220 e. The monoisotopic (exact) mass is 704 g/mol. The van der Waals surface area contributed by atoms with Gasteiger partial charge < -0.3 is 45.4 Å². The van der Waals surface area contributed by atoms with Gasteiger partial charge in [0.25, 0.3) is 0 Å². The van der Waals surface area contributed by atoms with Crippen molar-refractivity contribution in [3.63, 3.8) is 0 Å². The third-order valence-electron chi connectivity index (χ3n) is 10.1. The molecule has 1 heterocycles. The van der Waals surface area contributed by atoms with Crippen LogP contribution >= 0.6 is 0 Å². The summed E-state index contributed by atoms with van der Waals surface area (Å²) in [5, 5.41) is 64.7. The highest BCUT2D eigenvalue weighted by Crippen LogP contribution is 2.23. The van der Waals surface area contributed by atoms with E-state index < -0.39 is 55.6 Å². The number of amides is 1. The van der Waals surface area contributed by atoms with Crippen molar-refractivity contribution in [3.8, 4) is 0 Å². The first kappa shape index (κ1) is 46.2. The number of aliphatic hydroxyl groups excluding tert-OH is 6. The highest BCUT2D eigenvalue weighted by atomic mass is 16.7. The van der Waals surface area contributed by atoms with Crippen molar-refractivity contribution in [2.24, 2.45) is 0 Å². The summed E-state index contributed by atoms with van der Waals surface area (Å²) in [6.07, 6.45) is 19.8. The highest BCUT2D eigenvalue weighted by Gasteiger charge is 2.44. The maximum Gasteiger partial charge on any atom is 0.220 e. The quantitative estimate of drug-likeness (QED) is 0.0394. The van der Waals surface area contributed by atoms with Crippen molar-refractivity contribution in [2.45, 2.75) is 230 Å². The average molecular weight is 704 g/mol. The molecule has 0 aromatic heterocycles. The molecule has 1 rings (SSSR count). The summed E-state index contributed by atoms with van der Waals surface area (Å²) in [5.41, 5.74) is 0. The van der Waals surface area contributed by atoms with Crippen LogP contribution in [0.25, 0.3) is 0 Å². The van der Waals surface area contributed by atoms with Crippen molar-refractivity contribution < 1.29 is 44.9 Å². The molecule has 1 saturated heterocycles. The third-order valence-corrected chi connectivity index (χ3v) is 10.1. The number of carbonyl (C=O) groups excluding carboxylic acids is 1. The molecule has 0 aromatic rings. The Balaban J connectivity index is 2.44. The number of ether oxygens (including phenoxy) is 2. The summed E-state index contributed by atoms with van der Waals surface area (Å²) < 4.78 is 11.1. The van der Waals surface area contributed by atoms with Crippen LogP contribution in [0.3, 0.4) is 0 Å². The number of unbranched alkanes of at least 4 members (excludes halogenated alkanes) is 22. The second-order valence-corrected chi connectivity index (χ2v) is 14.6. The van der Waals surface area contributed by atoms with Crippen molar-refractivity contribution in [1.82, 2.24) is 5.32 Å². The number of nitrogens with one attached hydrogen (secondary N) is 1. The van der Waals surface area contributed by atoms with Crippen molar-refractivity contribution in [1.29, 1.82) is 0 Å². The molecule has 1 aliphatic rings. The fraction of sp³-hybridized carbons (Fsp3) is 0.974. The lowest BCUT2D eigenvalue weighted by atomic mass is 9.98. The van der Waals surface area contributed by atoms with E-state index in [1.165, 1.54) is 103 Å². The van der Waals surface area contributed by atoms with Crippen LogP contribution in [-0.2, 0) is 14.3 Å². The van der Waals surface area contributed by atoms with Crippen molar-refractivity contribution in [2.75, 3.05) is 13.2 Å². The largest absolute Gasteiger partial charge is 0.394 e. The molecule has 10 heteroatoms. The molecule has 0 radical (unpaired) electrons. The van der Waals surface area contributed by atoms with Crippen molar-refractivity contribution in [3.05, 3.63) is 0 Å². The number of hydrogen-bond acceptors (Lipinski definition) is 9. The molecular weight excluding hydrogens is 626 g/mol. The Hall–Kier alpha value is -0.850. The lowest BCUT2D eigenvalue weighted by Crippen LogP contribution is -2.60. The van der Waals surface area contributed by atoms with E-state index in [2.05, 4.69) is 19.2 Å². The van der Waals surface area contributed by atoms with Gasteiger partial charge in [-0.25, -0.2) is 0 Å². The number of rotatable bonds is 33. The minimum absolute atomic E-state index is 0.258. The summed E-state index contributed by atoms with van der Waals surface area (Å²) in [5.74, 6) is -0.258. The van der Waals surface area contributed by atoms with Gasteiger partial charge in [-0.05, 0) is 12.8 Å². The van der Waals surface area contributed by atoms with Crippen LogP contribution in [0.2, 0.25) is 0 Å². The predicted molar refractivity (Wildman–Crippen MR) is 195 cm³/mol. The SMILES string of the molecule is CCCCCCCCCCCCCCCCCC(=O)N[C@@H](CO[C@@H]1O[C@H](CO)[C@@H](O)C(O)C1O)[C@H](O)[C@H](O)CCCCCCCCCCC. The molecule has 0 saturated carbocycles. The minimum atomic E-state index is -1.60. The van der Waals surface area contributed by atoms with E-state index in [0.29, 0.717) is 6.42 Å². The van der Waals surface area contributed by atoms with Gasteiger partial charge in [0, 0.05) is 6.42 Å². The molecule has 1 aliphatic heterocycles. The molecule has 2 unspecified atom stereocenters. The van der Waals surface area contributed by atoms with Crippen LogP contribution in [0.1, 0.15) is 181 Å². The van der Waals surface area contributed by atoms with Crippen LogP contribution in [0.4, 0.5) is 0 Å². The molecule has 8 atom stereocenters. The highest BCUT2D eigenvalue weighted by molar-refractivity contribution is 5.76. The molecule has 7 N–H and O–H groups in total. The fourth-order valence-electron chi connectivity index (χ4n) is 6.67. The zero-order chi connectivity index (χ0) is 36.1. The number of hydrogen-bond donors (Lipinski definition) is 7. The fourth-order valence-corrected chi connectivity index (χ4v) is 6.67. The Morgan fingerprint density at radius 3 is 1.51 bits per heavy atom. The van der Waals surface area contributed by atoms with E-state index >= 15 is 0 Å². The Labute approximate surface area is 298 Å². The van der Waals surface area contributed by atoms with Gasteiger partial charge >= 0.3 is 0 Å². The molecule has 49 heavy (non-hydrogen) atoms. The predicted octanol–water partition coefficient (Wildman–Crippen LogP) is 6.19. The molecule has 1 fully saturated rings. The Morgan fingerprint density at radius 2 is 1.06 bits per heavy atom. The topological polar surface area (TPSA) is 169 Å². The summed E-state index contributed by atoms with van der Waals surface area (Å²) in [7, 11) is 0. The maximum absolute atomic E-state index is 12.9. The first-order valence-electron chi connectivity index (χ1n) is 20.3. The molecule has 292 valence electrons. The zero-order valence-electron chi connectivity index (χ0n) is 31.3. The summed E-state index contributed by atoms with van der Waals surface area (Å²) >= 11 is 0.